The molecule has 2 bridgehead atoms. The molecule has 8 heteroatoms. The van der Waals surface area contributed by atoms with Crippen LogP contribution in [0.15, 0.2) is 52.2 Å². The number of hydrogen-bond donors (Lipinski definition) is 0. The average molecular weight is 401 g/mol. The Kier molecular flexibility index (Phi) is 4.63. The van der Waals surface area contributed by atoms with E-state index in [0.717, 1.165) is 16.4 Å². The molecule has 0 aliphatic carbocycles. The molecule has 2 aliphatic rings. The van der Waals surface area contributed by atoms with E-state index in [-0.39, 0.29) is 28.2 Å². The molecule has 7 nitrogen and oxygen atoms in total. The van der Waals surface area contributed by atoms with Crippen molar-refractivity contribution in [1.82, 2.24) is 13.8 Å². The second-order valence-electron chi connectivity index (χ2n) is 7.72. The number of likely N-dealkylation sites (tertiary alicyclic amines) is 1. The molecule has 4 rings (SSSR count). The monoisotopic (exact) mass is 401 g/mol. The zero-order valence-corrected chi connectivity index (χ0v) is 16.7. The zero-order chi connectivity index (χ0) is 20.1. The van der Waals surface area contributed by atoms with Gasteiger partial charge in [0.1, 0.15) is 0 Å². The van der Waals surface area contributed by atoms with E-state index in [9.17, 15) is 18.0 Å². The van der Waals surface area contributed by atoms with Crippen molar-refractivity contribution in [2.45, 2.75) is 23.8 Å². The van der Waals surface area contributed by atoms with Gasteiger partial charge >= 0.3 is 0 Å². The van der Waals surface area contributed by atoms with Crippen LogP contribution in [0.1, 0.15) is 28.4 Å². The van der Waals surface area contributed by atoms with Crippen molar-refractivity contribution in [1.29, 1.82) is 0 Å². The van der Waals surface area contributed by atoms with Gasteiger partial charge in [0, 0.05) is 57.0 Å². The first kappa shape index (κ1) is 18.9. The minimum absolute atomic E-state index is 0.0182. The van der Waals surface area contributed by atoms with Crippen LogP contribution in [0.5, 0.6) is 0 Å². The quantitative estimate of drug-likeness (QED) is 0.778. The number of carbonyl (C=O) groups is 1. The van der Waals surface area contributed by atoms with E-state index in [1.807, 2.05) is 15.5 Å². The second-order valence-corrected chi connectivity index (χ2v) is 9.87. The number of sulfonamides is 1. The van der Waals surface area contributed by atoms with Crippen molar-refractivity contribution in [3.05, 3.63) is 64.1 Å². The molecular weight excluding hydrogens is 378 g/mol. The highest BCUT2D eigenvalue weighted by atomic mass is 32.2. The SMILES string of the molecule is CN(C)S(=O)(=O)c1ccc(C(=O)N2CC3CC(C2)c2cccc(=O)n2C3)cc1. The minimum Gasteiger partial charge on any atom is -0.338 e. The number of piperidine rings is 1. The van der Waals surface area contributed by atoms with Gasteiger partial charge < -0.3 is 9.47 Å². The normalized spacial score (nSPS) is 21.5. The van der Waals surface area contributed by atoms with Gasteiger partial charge in [-0.15, -0.1) is 0 Å². The van der Waals surface area contributed by atoms with Crippen LogP contribution in [-0.2, 0) is 16.6 Å². The zero-order valence-electron chi connectivity index (χ0n) is 15.9. The van der Waals surface area contributed by atoms with Gasteiger partial charge in [0.15, 0.2) is 0 Å². The molecule has 2 unspecified atom stereocenters. The minimum atomic E-state index is -3.52. The largest absolute Gasteiger partial charge is 0.338 e. The Morgan fingerprint density at radius 2 is 1.75 bits per heavy atom. The number of carbonyl (C=O) groups excluding carboxylic acids is 1. The molecule has 1 saturated heterocycles. The van der Waals surface area contributed by atoms with Crippen LogP contribution in [-0.4, -0.2) is 55.3 Å². The van der Waals surface area contributed by atoms with Crippen LogP contribution in [0.25, 0.3) is 0 Å². The van der Waals surface area contributed by atoms with Crippen molar-refractivity contribution in [3.63, 3.8) is 0 Å². The standard InChI is InChI=1S/C20H23N3O4S/c1-21(2)28(26,27)17-8-6-15(7-9-17)20(25)22-11-14-10-16(13-22)18-4-3-5-19(24)23(18)12-14/h3-9,14,16H,10-13H2,1-2H3. The van der Waals surface area contributed by atoms with Gasteiger partial charge in [-0.25, -0.2) is 12.7 Å². The fourth-order valence-corrected chi connectivity index (χ4v) is 5.13. The fourth-order valence-electron chi connectivity index (χ4n) is 4.23. The topological polar surface area (TPSA) is 79.7 Å². The first-order chi connectivity index (χ1) is 13.3. The van der Waals surface area contributed by atoms with Gasteiger partial charge in [0.25, 0.3) is 11.5 Å². The summed E-state index contributed by atoms with van der Waals surface area (Å²) in [5.41, 5.74) is 1.49. The maximum Gasteiger partial charge on any atom is 0.253 e. The summed E-state index contributed by atoms with van der Waals surface area (Å²) >= 11 is 0. The Morgan fingerprint density at radius 3 is 2.43 bits per heavy atom. The average Bonchev–Trinajstić information content (AvgIpc) is 2.68. The maximum atomic E-state index is 13.0. The van der Waals surface area contributed by atoms with Gasteiger partial charge in [-0.05, 0) is 42.7 Å². The Bertz CT molecular complexity index is 1070. The van der Waals surface area contributed by atoms with E-state index in [0.29, 0.717) is 25.2 Å². The number of rotatable bonds is 3. The van der Waals surface area contributed by atoms with Crippen molar-refractivity contribution < 1.29 is 13.2 Å². The van der Waals surface area contributed by atoms with Crippen molar-refractivity contribution >= 4 is 15.9 Å². The first-order valence-corrected chi connectivity index (χ1v) is 10.7. The first-order valence-electron chi connectivity index (χ1n) is 9.29. The highest BCUT2D eigenvalue weighted by Crippen LogP contribution is 2.35. The lowest BCUT2D eigenvalue weighted by molar-refractivity contribution is 0.0594. The van der Waals surface area contributed by atoms with E-state index in [1.165, 1.54) is 26.2 Å². The van der Waals surface area contributed by atoms with Crippen molar-refractivity contribution in [3.8, 4) is 0 Å². The third kappa shape index (κ3) is 3.16. The number of hydrogen-bond acceptors (Lipinski definition) is 4. The van der Waals surface area contributed by atoms with E-state index < -0.39 is 10.0 Å². The maximum absolute atomic E-state index is 13.0. The predicted molar refractivity (Wildman–Crippen MR) is 105 cm³/mol. The molecule has 1 amide bonds. The molecule has 0 radical (unpaired) electrons. The Balaban J connectivity index is 1.56. The molecule has 1 aromatic heterocycles. The summed E-state index contributed by atoms with van der Waals surface area (Å²) in [5, 5.41) is 0. The van der Waals surface area contributed by atoms with Crippen molar-refractivity contribution in [2.24, 2.45) is 5.92 Å². The molecule has 1 fully saturated rings. The van der Waals surface area contributed by atoms with Gasteiger partial charge in [-0.3, -0.25) is 9.59 Å². The lowest BCUT2D eigenvalue weighted by Gasteiger charge is -2.42. The van der Waals surface area contributed by atoms with Gasteiger partial charge in [0.05, 0.1) is 4.90 Å². The van der Waals surface area contributed by atoms with Gasteiger partial charge in [-0.1, -0.05) is 6.07 Å². The van der Waals surface area contributed by atoms with Crippen LogP contribution in [0.3, 0.4) is 0 Å². The van der Waals surface area contributed by atoms with E-state index in [1.54, 1.807) is 24.3 Å². The Labute approximate surface area is 164 Å². The lowest BCUT2D eigenvalue weighted by Crippen LogP contribution is -2.49. The van der Waals surface area contributed by atoms with E-state index >= 15 is 0 Å². The molecular formula is C20H23N3O4S. The molecule has 148 valence electrons. The summed E-state index contributed by atoms with van der Waals surface area (Å²) in [6.07, 6.45) is 0.979. The number of pyridine rings is 1. The molecule has 3 heterocycles. The number of benzene rings is 1. The Hall–Kier alpha value is -2.45. The van der Waals surface area contributed by atoms with Crippen molar-refractivity contribution in [2.75, 3.05) is 27.2 Å². The summed E-state index contributed by atoms with van der Waals surface area (Å²) in [6.45, 7) is 1.81. The lowest BCUT2D eigenvalue weighted by atomic mass is 9.83. The third-order valence-corrected chi connectivity index (χ3v) is 7.48. The number of fused-ring (bicyclic) bond motifs is 4. The van der Waals surface area contributed by atoms with Crippen LogP contribution >= 0.6 is 0 Å². The molecule has 0 N–H and O–H groups in total. The van der Waals surface area contributed by atoms with Crippen LogP contribution in [0.4, 0.5) is 0 Å². The fraction of sp³-hybridized carbons (Fsp3) is 0.400. The molecule has 2 aromatic rings. The summed E-state index contributed by atoms with van der Waals surface area (Å²) in [5.74, 6) is 0.303. The highest BCUT2D eigenvalue weighted by molar-refractivity contribution is 7.89. The number of aromatic nitrogens is 1. The predicted octanol–water partition coefficient (Wildman–Crippen LogP) is 1.36. The van der Waals surface area contributed by atoms with Gasteiger partial charge in [0.2, 0.25) is 10.0 Å². The Morgan fingerprint density at radius 1 is 1.04 bits per heavy atom. The smallest absolute Gasteiger partial charge is 0.253 e. The molecule has 0 spiro atoms. The summed E-state index contributed by atoms with van der Waals surface area (Å²) < 4.78 is 27.4. The van der Waals surface area contributed by atoms with E-state index in [2.05, 4.69) is 0 Å². The molecule has 0 saturated carbocycles. The number of amides is 1. The third-order valence-electron chi connectivity index (χ3n) is 5.65. The summed E-state index contributed by atoms with van der Waals surface area (Å²) in [4.78, 5) is 27.1. The molecule has 1 aromatic carbocycles. The summed E-state index contributed by atoms with van der Waals surface area (Å²) in [6, 6.07) is 11.4. The second kappa shape index (κ2) is 6.86. The molecule has 2 atom stereocenters. The molecule has 28 heavy (non-hydrogen) atoms. The number of nitrogens with zero attached hydrogens (tertiary/aromatic N) is 3. The molecule has 2 aliphatic heterocycles. The summed E-state index contributed by atoms with van der Waals surface area (Å²) in [7, 11) is -0.566. The van der Waals surface area contributed by atoms with Crippen LogP contribution in [0, 0.1) is 5.92 Å². The van der Waals surface area contributed by atoms with E-state index in [4.69, 9.17) is 0 Å². The van der Waals surface area contributed by atoms with Gasteiger partial charge in [-0.2, -0.15) is 0 Å². The van der Waals surface area contributed by atoms with Crippen LogP contribution < -0.4 is 5.56 Å². The highest BCUT2D eigenvalue weighted by Gasteiger charge is 2.36. The van der Waals surface area contributed by atoms with Crippen LogP contribution in [0.2, 0.25) is 0 Å².